The van der Waals surface area contributed by atoms with E-state index >= 15 is 0 Å². The lowest BCUT2D eigenvalue weighted by Gasteiger charge is -2.04. The lowest BCUT2D eigenvalue weighted by molar-refractivity contribution is -0.121. The van der Waals surface area contributed by atoms with Crippen molar-refractivity contribution in [3.63, 3.8) is 0 Å². The molecule has 0 aliphatic rings. The van der Waals surface area contributed by atoms with Crippen molar-refractivity contribution in [2.75, 3.05) is 0 Å². The Morgan fingerprint density at radius 2 is 2.16 bits per heavy atom. The second-order valence-corrected chi connectivity index (χ2v) is 4.69. The number of aromatic nitrogens is 1. The van der Waals surface area contributed by atoms with Crippen LogP contribution in [-0.4, -0.2) is 11.1 Å². The Morgan fingerprint density at radius 1 is 1.32 bits per heavy atom. The topological polar surface area (TPSA) is 55.1 Å². The number of hydrogen-bond acceptors (Lipinski definition) is 3. The predicted molar refractivity (Wildman–Crippen MR) is 72.6 cm³/mol. The number of aryl methyl sites for hydroxylation is 3. The fourth-order valence-electron chi connectivity index (χ4n) is 1.90. The highest BCUT2D eigenvalue weighted by molar-refractivity contribution is 5.76. The second kappa shape index (κ2) is 6.18. The van der Waals surface area contributed by atoms with E-state index in [1.807, 2.05) is 25.1 Å². The second-order valence-electron chi connectivity index (χ2n) is 4.69. The first kappa shape index (κ1) is 13.3. The maximum atomic E-state index is 11.7. The third kappa shape index (κ3) is 4.25. The first-order valence-electron chi connectivity index (χ1n) is 6.38. The van der Waals surface area contributed by atoms with Gasteiger partial charge in [-0.05, 0) is 25.8 Å². The van der Waals surface area contributed by atoms with Crippen molar-refractivity contribution in [2.45, 2.75) is 33.2 Å². The van der Waals surface area contributed by atoms with E-state index < -0.39 is 0 Å². The summed E-state index contributed by atoms with van der Waals surface area (Å²) in [5, 5.41) is 6.66. The van der Waals surface area contributed by atoms with Gasteiger partial charge < -0.3 is 9.84 Å². The largest absolute Gasteiger partial charge is 0.361 e. The van der Waals surface area contributed by atoms with E-state index in [0.717, 1.165) is 17.9 Å². The van der Waals surface area contributed by atoms with Crippen LogP contribution in [0.4, 0.5) is 0 Å². The summed E-state index contributed by atoms with van der Waals surface area (Å²) in [6, 6.07) is 10.0. The van der Waals surface area contributed by atoms with E-state index in [4.69, 9.17) is 4.52 Å². The normalized spacial score (nSPS) is 10.4. The van der Waals surface area contributed by atoms with E-state index in [1.54, 1.807) is 0 Å². The molecule has 4 heteroatoms. The van der Waals surface area contributed by atoms with Crippen LogP contribution < -0.4 is 5.32 Å². The van der Waals surface area contributed by atoms with Crippen molar-refractivity contribution in [2.24, 2.45) is 0 Å². The summed E-state index contributed by atoms with van der Waals surface area (Å²) in [7, 11) is 0. The zero-order chi connectivity index (χ0) is 13.7. The molecule has 0 bridgehead atoms. The fourth-order valence-corrected chi connectivity index (χ4v) is 1.90. The molecule has 4 nitrogen and oxygen atoms in total. The van der Waals surface area contributed by atoms with Gasteiger partial charge in [0.2, 0.25) is 5.91 Å². The van der Waals surface area contributed by atoms with Crippen LogP contribution in [0.3, 0.4) is 0 Å². The maximum Gasteiger partial charge on any atom is 0.220 e. The summed E-state index contributed by atoms with van der Waals surface area (Å²) in [5.41, 5.74) is 3.16. The molecule has 0 spiro atoms. The molecule has 1 N–H and O–H groups in total. The lowest BCUT2D eigenvalue weighted by atomic mass is 10.1. The van der Waals surface area contributed by atoms with Crippen LogP contribution in [0.25, 0.3) is 0 Å². The van der Waals surface area contributed by atoms with Gasteiger partial charge in [-0.3, -0.25) is 4.79 Å². The summed E-state index contributed by atoms with van der Waals surface area (Å²) < 4.78 is 4.94. The van der Waals surface area contributed by atoms with Crippen molar-refractivity contribution < 1.29 is 9.32 Å². The number of carbonyl (C=O) groups excluding carboxylic acids is 1. The molecule has 0 aliphatic heterocycles. The van der Waals surface area contributed by atoms with E-state index in [-0.39, 0.29) is 5.91 Å². The third-order valence-electron chi connectivity index (χ3n) is 2.87. The molecule has 2 aromatic rings. The van der Waals surface area contributed by atoms with Crippen LogP contribution in [-0.2, 0) is 17.8 Å². The van der Waals surface area contributed by atoms with Gasteiger partial charge in [-0.2, -0.15) is 0 Å². The average Bonchev–Trinajstić information content (AvgIpc) is 2.80. The minimum absolute atomic E-state index is 0.0298. The standard InChI is InChI=1S/C15H18N2O2/c1-11-4-3-5-13(8-11)6-7-15(18)16-10-14-9-12(2)19-17-14/h3-5,8-9H,6-7,10H2,1-2H3,(H,16,18). The average molecular weight is 258 g/mol. The van der Waals surface area contributed by atoms with Crippen molar-refractivity contribution in [1.82, 2.24) is 10.5 Å². The Kier molecular flexibility index (Phi) is 4.34. The number of nitrogens with zero attached hydrogens (tertiary/aromatic N) is 1. The number of hydrogen-bond donors (Lipinski definition) is 1. The van der Waals surface area contributed by atoms with Gasteiger partial charge in [-0.1, -0.05) is 35.0 Å². The molecule has 0 saturated carbocycles. The molecule has 19 heavy (non-hydrogen) atoms. The lowest BCUT2D eigenvalue weighted by Crippen LogP contribution is -2.23. The molecule has 1 amide bonds. The summed E-state index contributed by atoms with van der Waals surface area (Å²) in [6.07, 6.45) is 1.24. The highest BCUT2D eigenvalue weighted by Gasteiger charge is 2.05. The molecule has 2 rings (SSSR count). The number of amides is 1. The van der Waals surface area contributed by atoms with Crippen LogP contribution in [0.1, 0.15) is 29.0 Å². The molecule has 1 heterocycles. The summed E-state index contributed by atoms with van der Waals surface area (Å²) in [5.74, 6) is 0.783. The smallest absolute Gasteiger partial charge is 0.220 e. The molecular formula is C15H18N2O2. The Bertz CT molecular complexity index is 561. The number of nitrogens with one attached hydrogen (secondary N) is 1. The Morgan fingerprint density at radius 3 is 2.84 bits per heavy atom. The van der Waals surface area contributed by atoms with Gasteiger partial charge in [0, 0.05) is 12.5 Å². The molecule has 0 atom stereocenters. The van der Waals surface area contributed by atoms with Crippen molar-refractivity contribution in [1.29, 1.82) is 0 Å². The van der Waals surface area contributed by atoms with Crippen molar-refractivity contribution in [3.05, 3.63) is 52.9 Å². The minimum atomic E-state index is 0.0298. The summed E-state index contributed by atoms with van der Waals surface area (Å²) in [6.45, 7) is 4.30. The first-order valence-corrected chi connectivity index (χ1v) is 6.38. The SMILES string of the molecule is Cc1cccc(CCC(=O)NCc2cc(C)on2)c1. The molecule has 1 aromatic carbocycles. The van der Waals surface area contributed by atoms with Gasteiger partial charge in [0.05, 0.1) is 6.54 Å². The molecule has 100 valence electrons. The number of rotatable bonds is 5. The van der Waals surface area contributed by atoms with Gasteiger partial charge in [0.25, 0.3) is 0 Å². The van der Waals surface area contributed by atoms with E-state index in [0.29, 0.717) is 13.0 Å². The van der Waals surface area contributed by atoms with Crippen LogP contribution >= 0.6 is 0 Å². The van der Waals surface area contributed by atoms with Gasteiger partial charge in [0.1, 0.15) is 11.5 Å². The molecule has 0 fully saturated rings. The zero-order valence-corrected chi connectivity index (χ0v) is 11.3. The summed E-state index contributed by atoms with van der Waals surface area (Å²) >= 11 is 0. The number of carbonyl (C=O) groups is 1. The monoisotopic (exact) mass is 258 g/mol. The van der Waals surface area contributed by atoms with Crippen molar-refractivity contribution >= 4 is 5.91 Å². The molecule has 0 radical (unpaired) electrons. The zero-order valence-electron chi connectivity index (χ0n) is 11.3. The molecule has 0 unspecified atom stereocenters. The quantitative estimate of drug-likeness (QED) is 0.896. The van der Waals surface area contributed by atoms with Gasteiger partial charge in [0.15, 0.2) is 0 Å². The van der Waals surface area contributed by atoms with E-state index in [2.05, 4.69) is 29.5 Å². The molecule has 0 saturated heterocycles. The Hall–Kier alpha value is -2.10. The molecule has 0 aliphatic carbocycles. The van der Waals surface area contributed by atoms with E-state index in [1.165, 1.54) is 11.1 Å². The summed E-state index contributed by atoms with van der Waals surface area (Å²) in [4.78, 5) is 11.7. The minimum Gasteiger partial charge on any atom is -0.361 e. The van der Waals surface area contributed by atoms with Crippen LogP contribution in [0.5, 0.6) is 0 Å². The van der Waals surface area contributed by atoms with Crippen LogP contribution in [0, 0.1) is 13.8 Å². The van der Waals surface area contributed by atoms with Crippen LogP contribution in [0.2, 0.25) is 0 Å². The first-order chi connectivity index (χ1) is 9.13. The maximum absolute atomic E-state index is 11.7. The molecular weight excluding hydrogens is 240 g/mol. The fraction of sp³-hybridized carbons (Fsp3) is 0.333. The van der Waals surface area contributed by atoms with Crippen molar-refractivity contribution in [3.8, 4) is 0 Å². The Labute approximate surface area is 112 Å². The number of benzene rings is 1. The van der Waals surface area contributed by atoms with Gasteiger partial charge in [-0.25, -0.2) is 0 Å². The highest BCUT2D eigenvalue weighted by atomic mass is 16.5. The third-order valence-corrected chi connectivity index (χ3v) is 2.87. The highest BCUT2D eigenvalue weighted by Crippen LogP contribution is 2.06. The van der Waals surface area contributed by atoms with Gasteiger partial charge in [-0.15, -0.1) is 0 Å². The van der Waals surface area contributed by atoms with Crippen LogP contribution in [0.15, 0.2) is 34.9 Å². The molecule has 1 aromatic heterocycles. The van der Waals surface area contributed by atoms with Gasteiger partial charge >= 0.3 is 0 Å². The predicted octanol–water partition coefficient (Wildman–Crippen LogP) is 2.54. The van der Waals surface area contributed by atoms with E-state index in [9.17, 15) is 4.79 Å². The Balaban J connectivity index is 1.75.